The molecule has 0 aliphatic carbocycles. The SMILES string of the molecule is O=C(Cl)c1cccc2[nH]c(CCl)nc12. The van der Waals surface area contributed by atoms with Gasteiger partial charge in [0.25, 0.3) is 5.24 Å². The highest BCUT2D eigenvalue weighted by Gasteiger charge is 2.10. The van der Waals surface area contributed by atoms with Crippen LogP contribution in [0.3, 0.4) is 0 Å². The molecule has 0 aliphatic rings. The van der Waals surface area contributed by atoms with E-state index in [1.54, 1.807) is 12.1 Å². The summed E-state index contributed by atoms with van der Waals surface area (Å²) in [6.07, 6.45) is 0. The topological polar surface area (TPSA) is 45.8 Å². The Kier molecular flexibility index (Phi) is 2.44. The second-order valence-electron chi connectivity index (χ2n) is 2.79. The van der Waals surface area contributed by atoms with Crippen molar-refractivity contribution < 1.29 is 4.79 Å². The lowest BCUT2D eigenvalue weighted by Gasteiger charge is -1.93. The van der Waals surface area contributed by atoms with Crippen LogP contribution in [-0.4, -0.2) is 15.2 Å². The smallest absolute Gasteiger partial charge is 0.254 e. The Labute approximate surface area is 90.0 Å². The first kappa shape index (κ1) is 9.49. The molecule has 0 fully saturated rings. The number of H-pyrrole nitrogens is 1. The van der Waals surface area contributed by atoms with Gasteiger partial charge in [0.1, 0.15) is 11.3 Å². The number of alkyl halides is 1. The molecule has 3 nitrogen and oxygen atoms in total. The van der Waals surface area contributed by atoms with Gasteiger partial charge in [-0.1, -0.05) is 6.07 Å². The fourth-order valence-corrected chi connectivity index (χ4v) is 1.58. The summed E-state index contributed by atoms with van der Waals surface area (Å²) >= 11 is 11.0. The third-order valence-electron chi connectivity index (χ3n) is 1.90. The van der Waals surface area contributed by atoms with Crippen LogP contribution < -0.4 is 0 Å². The van der Waals surface area contributed by atoms with Gasteiger partial charge in [0.05, 0.1) is 17.0 Å². The molecule has 72 valence electrons. The number of hydrogen-bond donors (Lipinski definition) is 1. The van der Waals surface area contributed by atoms with E-state index in [-0.39, 0.29) is 5.88 Å². The van der Waals surface area contributed by atoms with Crippen molar-refractivity contribution >= 4 is 39.5 Å². The molecule has 2 rings (SSSR count). The van der Waals surface area contributed by atoms with Crippen molar-refractivity contribution in [1.82, 2.24) is 9.97 Å². The molecule has 14 heavy (non-hydrogen) atoms. The second kappa shape index (κ2) is 3.59. The summed E-state index contributed by atoms with van der Waals surface area (Å²) in [6.45, 7) is 0. The van der Waals surface area contributed by atoms with Gasteiger partial charge in [-0.3, -0.25) is 4.79 Å². The number of hydrogen-bond acceptors (Lipinski definition) is 2. The van der Waals surface area contributed by atoms with Gasteiger partial charge in [0.2, 0.25) is 0 Å². The van der Waals surface area contributed by atoms with Crippen LogP contribution in [0.1, 0.15) is 16.2 Å². The number of para-hydroxylation sites is 1. The summed E-state index contributed by atoms with van der Waals surface area (Å²) in [5, 5.41) is -0.511. The minimum absolute atomic E-state index is 0.282. The standard InChI is InChI=1S/C9H6Cl2N2O/c10-4-7-12-6-3-1-2-5(9(11)14)8(6)13-7/h1-3H,4H2,(H,12,13). The van der Waals surface area contributed by atoms with E-state index in [4.69, 9.17) is 23.2 Å². The molecule has 1 heterocycles. The molecule has 0 radical (unpaired) electrons. The van der Waals surface area contributed by atoms with Crippen LogP contribution >= 0.6 is 23.2 Å². The van der Waals surface area contributed by atoms with Crippen LogP contribution in [0.5, 0.6) is 0 Å². The number of carbonyl (C=O) groups is 1. The maximum Gasteiger partial charge on any atom is 0.254 e. The number of halogens is 2. The van der Waals surface area contributed by atoms with Crippen molar-refractivity contribution in [2.24, 2.45) is 0 Å². The summed E-state index contributed by atoms with van der Waals surface area (Å²) in [6, 6.07) is 5.20. The van der Waals surface area contributed by atoms with E-state index in [0.717, 1.165) is 5.52 Å². The van der Waals surface area contributed by atoms with Crippen LogP contribution in [0.15, 0.2) is 18.2 Å². The number of nitrogens with one attached hydrogen (secondary N) is 1. The third-order valence-corrected chi connectivity index (χ3v) is 2.36. The molecule has 0 saturated carbocycles. The summed E-state index contributed by atoms with van der Waals surface area (Å²) in [7, 11) is 0. The monoisotopic (exact) mass is 228 g/mol. The molecule has 1 aromatic heterocycles. The van der Waals surface area contributed by atoms with Crippen LogP contribution in [0.4, 0.5) is 0 Å². The van der Waals surface area contributed by atoms with E-state index >= 15 is 0 Å². The molecule has 0 saturated heterocycles. The largest absolute Gasteiger partial charge is 0.341 e. The molecular weight excluding hydrogens is 223 g/mol. The lowest BCUT2D eigenvalue weighted by atomic mass is 10.2. The minimum atomic E-state index is -0.511. The Morgan fingerprint density at radius 1 is 1.50 bits per heavy atom. The zero-order valence-electron chi connectivity index (χ0n) is 7.05. The van der Waals surface area contributed by atoms with Gasteiger partial charge in [0.15, 0.2) is 0 Å². The number of nitrogens with zero attached hydrogens (tertiary/aromatic N) is 1. The summed E-state index contributed by atoms with van der Waals surface area (Å²) in [5.41, 5.74) is 1.74. The number of imidazole rings is 1. The number of aromatic amines is 1. The average molecular weight is 229 g/mol. The Morgan fingerprint density at radius 2 is 2.29 bits per heavy atom. The summed E-state index contributed by atoms with van der Waals surface area (Å²) in [4.78, 5) is 18.2. The number of fused-ring (bicyclic) bond motifs is 1. The van der Waals surface area contributed by atoms with Gasteiger partial charge in [-0.25, -0.2) is 4.98 Å². The Morgan fingerprint density at radius 3 is 2.93 bits per heavy atom. The zero-order chi connectivity index (χ0) is 10.1. The number of aromatic nitrogens is 2. The lowest BCUT2D eigenvalue weighted by molar-refractivity contribution is 0.108. The van der Waals surface area contributed by atoms with E-state index in [0.29, 0.717) is 16.9 Å². The molecule has 5 heteroatoms. The lowest BCUT2D eigenvalue weighted by Crippen LogP contribution is -1.89. The fourth-order valence-electron chi connectivity index (χ4n) is 1.31. The minimum Gasteiger partial charge on any atom is -0.341 e. The summed E-state index contributed by atoms with van der Waals surface area (Å²) in [5.74, 6) is 0.914. The van der Waals surface area contributed by atoms with Crippen LogP contribution in [0.25, 0.3) is 11.0 Å². The number of carbonyl (C=O) groups excluding carboxylic acids is 1. The maximum absolute atomic E-state index is 11.0. The van der Waals surface area contributed by atoms with Crippen molar-refractivity contribution in [3.05, 3.63) is 29.6 Å². The van der Waals surface area contributed by atoms with Crippen LogP contribution in [-0.2, 0) is 5.88 Å². The quantitative estimate of drug-likeness (QED) is 0.635. The van der Waals surface area contributed by atoms with Gasteiger partial charge in [-0.05, 0) is 23.7 Å². The Balaban J connectivity index is 2.73. The second-order valence-corrected chi connectivity index (χ2v) is 3.40. The molecule has 0 aliphatic heterocycles. The maximum atomic E-state index is 11.0. The van der Waals surface area contributed by atoms with E-state index in [1.165, 1.54) is 0 Å². The highest BCUT2D eigenvalue weighted by molar-refractivity contribution is 6.68. The molecule has 1 N–H and O–H groups in total. The normalized spacial score (nSPS) is 10.7. The molecular formula is C9H6Cl2N2O. The van der Waals surface area contributed by atoms with E-state index in [9.17, 15) is 4.79 Å². The van der Waals surface area contributed by atoms with E-state index < -0.39 is 5.24 Å². The summed E-state index contributed by atoms with van der Waals surface area (Å²) < 4.78 is 0. The highest BCUT2D eigenvalue weighted by Crippen LogP contribution is 2.18. The molecule has 2 aromatic rings. The van der Waals surface area contributed by atoms with Gasteiger partial charge in [0, 0.05) is 0 Å². The zero-order valence-corrected chi connectivity index (χ0v) is 8.56. The van der Waals surface area contributed by atoms with E-state index in [2.05, 4.69) is 9.97 Å². The van der Waals surface area contributed by atoms with Gasteiger partial charge in [-0.2, -0.15) is 0 Å². The third kappa shape index (κ3) is 1.49. The van der Waals surface area contributed by atoms with Crippen LogP contribution in [0, 0.1) is 0 Å². The van der Waals surface area contributed by atoms with E-state index in [1.807, 2.05) is 6.07 Å². The highest BCUT2D eigenvalue weighted by atomic mass is 35.5. The van der Waals surface area contributed by atoms with Crippen molar-refractivity contribution in [2.45, 2.75) is 5.88 Å². The average Bonchev–Trinajstić information content (AvgIpc) is 2.59. The first-order valence-electron chi connectivity index (χ1n) is 3.96. The fraction of sp³-hybridized carbons (Fsp3) is 0.111. The van der Waals surface area contributed by atoms with Crippen molar-refractivity contribution in [3.63, 3.8) is 0 Å². The number of rotatable bonds is 2. The molecule has 0 spiro atoms. The first-order chi connectivity index (χ1) is 6.72. The van der Waals surface area contributed by atoms with Gasteiger partial charge >= 0.3 is 0 Å². The molecule has 0 amide bonds. The molecule has 0 atom stereocenters. The first-order valence-corrected chi connectivity index (χ1v) is 4.87. The van der Waals surface area contributed by atoms with Crippen LogP contribution in [0.2, 0.25) is 0 Å². The molecule has 0 bridgehead atoms. The number of benzene rings is 1. The molecule has 0 unspecified atom stereocenters. The Bertz CT molecular complexity index is 493. The molecule has 1 aromatic carbocycles. The van der Waals surface area contributed by atoms with Crippen molar-refractivity contribution in [1.29, 1.82) is 0 Å². The Hall–Kier alpha value is -1.06. The van der Waals surface area contributed by atoms with Gasteiger partial charge < -0.3 is 4.98 Å². The van der Waals surface area contributed by atoms with Gasteiger partial charge in [-0.15, -0.1) is 11.6 Å². The van der Waals surface area contributed by atoms with Crippen molar-refractivity contribution in [2.75, 3.05) is 0 Å². The predicted octanol–water partition coefficient (Wildman–Crippen LogP) is 2.68. The predicted molar refractivity (Wildman–Crippen MR) is 55.8 cm³/mol. The van der Waals surface area contributed by atoms with Crippen molar-refractivity contribution in [3.8, 4) is 0 Å².